The highest BCUT2D eigenvalue weighted by Gasteiger charge is 2.29. The van der Waals surface area contributed by atoms with E-state index in [1.54, 1.807) is 56.4 Å². The second-order valence-corrected chi connectivity index (χ2v) is 7.82. The van der Waals surface area contributed by atoms with Crippen LogP contribution in [-0.4, -0.2) is 34.6 Å². The predicted octanol–water partition coefficient (Wildman–Crippen LogP) is 3.17. The Morgan fingerprint density at radius 1 is 1.04 bits per heavy atom. The topological polar surface area (TPSA) is 72.6 Å². The lowest BCUT2D eigenvalue weighted by Gasteiger charge is -2.10. The molecular weight excluding hydrogens is 352 g/mol. The van der Waals surface area contributed by atoms with Crippen LogP contribution >= 0.6 is 0 Å². The highest BCUT2D eigenvalue weighted by atomic mass is 32.2. The van der Waals surface area contributed by atoms with E-state index in [2.05, 4.69) is 4.98 Å². The van der Waals surface area contributed by atoms with Crippen LogP contribution in [0.2, 0.25) is 0 Å². The second kappa shape index (κ2) is 7.21. The minimum Gasteiger partial charge on any atom is -0.497 e. The molecule has 0 unspecified atom stereocenters. The van der Waals surface area contributed by atoms with Gasteiger partial charge in [0.25, 0.3) is 0 Å². The number of benzene rings is 2. The summed E-state index contributed by atoms with van der Waals surface area (Å²) in [6.07, 6.45) is 0.384. The van der Waals surface area contributed by atoms with E-state index in [4.69, 9.17) is 9.15 Å². The summed E-state index contributed by atoms with van der Waals surface area (Å²) in [6, 6.07) is 15.7. The van der Waals surface area contributed by atoms with Gasteiger partial charge in [-0.05, 0) is 29.8 Å². The zero-order valence-electron chi connectivity index (χ0n) is 14.8. The van der Waals surface area contributed by atoms with Gasteiger partial charge in [0.05, 0.1) is 12.0 Å². The predicted molar refractivity (Wildman–Crippen MR) is 98.5 cm³/mol. The number of sulfone groups is 1. The summed E-state index contributed by atoms with van der Waals surface area (Å²) in [5.74, 6) is 1.31. The quantitative estimate of drug-likeness (QED) is 0.662. The fourth-order valence-electron chi connectivity index (χ4n) is 2.50. The molecule has 0 saturated carbocycles. The van der Waals surface area contributed by atoms with Gasteiger partial charge in [0.15, 0.2) is 0 Å². The van der Waals surface area contributed by atoms with E-state index in [0.717, 1.165) is 11.3 Å². The van der Waals surface area contributed by atoms with Crippen LogP contribution in [-0.2, 0) is 16.3 Å². The number of aromatic nitrogens is 1. The van der Waals surface area contributed by atoms with Gasteiger partial charge >= 0.3 is 0 Å². The molecule has 0 radical (unpaired) electrons. The Labute approximate surface area is 153 Å². The monoisotopic (exact) mass is 372 g/mol. The number of anilines is 1. The number of hydrogen-bond acceptors (Lipinski definition) is 6. The van der Waals surface area contributed by atoms with Crippen LogP contribution in [0.4, 0.5) is 5.88 Å². The van der Waals surface area contributed by atoms with Gasteiger partial charge < -0.3 is 14.1 Å². The summed E-state index contributed by atoms with van der Waals surface area (Å²) in [4.78, 5) is 6.09. The number of hydrogen-bond donors (Lipinski definition) is 0. The van der Waals surface area contributed by atoms with Crippen molar-refractivity contribution in [2.24, 2.45) is 0 Å². The van der Waals surface area contributed by atoms with Gasteiger partial charge in [0, 0.05) is 20.5 Å². The van der Waals surface area contributed by atoms with Crippen molar-refractivity contribution < 1.29 is 17.6 Å². The molecule has 0 atom stereocenters. The molecule has 0 bridgehead atoms. The van der Waals surface area contributed by atoms with E-state index >= 15 is 0 Å². The number of nitrogens with zero attached hydrogens (tertiary/aromatic N) is 2. The number of ether oxygens (including phenoxy) is 1. The molecule has 0 fully saturated rings. The zero-order valence-corrected chi connectivity index (χ0v) is 15.7. The van der Waals surface area contributed by atoms with Crippen molar-refractivity contribution in [3.05, 3.63) is 66.1 Å². The molecule has 0 amide bonds. The average Bonchev–Trinajstić information content (AvgIpc) is 3.08. The molecule has 0 saturated heterocycles. The Kier molecular flexibility index (Phi) is 4.99. The zero-order chi connectivity index (χ0) is 18.7. The maximum Gasteiger partial charge on any atom is 0.235 e. The molecule has 3 rings (SSSR count). The van der Waals surface area contributed by atoms with Crippen LogP contribution in [0.3, 0.4) is 0 Å². The normalized spacial score (nSPS) is 11.3. The second-order valence-electron chi connectivity index (χ2n) is 5.95. The molecule has 0 aliphatic carbocycles. The molecule has 0 spiro atoms. The third kappa shape index (κ3) is 3.57. The third-order valence-electron chi connectivity index (χ3n) is 3.85. The lowest BCUT2D eigenvalue weighted by atomic mass is 10.1. The minimum atomic E-state index is -3.76. The van der Waals surface area contributed by atoms with Crippen molar-refractivity contribution in [3.63, 3.8) is 0 Å². The Bertz CT molecular complexity index is 978. The molecule has 1 aromatic heterocycles. The lowest BCUT2D eigenvalue weighted by Crippen LogP contribution is -2.13. The molecule has 0 aliphatic rings. The minimum absolute atomic E-state index is 0.0720. The summed E-state index contributed by atoms with van der Waals surface area (Å²) in [7, 11) is 1.29. The molecule has 2 aromatic carbocycles. The summed E-state index contributed by atoms with van der Waals surface area (Å²) < 4.78 is 36.8. The first-order chi connectivity index (χ1) is 12.4. The van der Waals surface area contributed by atoms with E-state index in [1.807, 2.05) is 24.3 Å². The van der Waals surface area contributed by atoms with Gasteiger partial charge in [-0.1, -0.05) is 30.3 Å². The van der Waals surface area contributed by atoms with Crippen molar-refractivity contribution in [2.75, 3.05) is 26.1 Å². The summed E-state index contributed by atoms with van der Waals surface area (Å²) in [5.41, 5.74) is 0.945. The van der Waals surface area contributed by atoms with E-state index in [-0.39, 0.29) is 15.8 Å². The Balaban J connectivity index is 1.98. The number of rotatable bonds is 6. The summed E-state index contributed by atoms with van der Waals surface area (Å²) >= 11 is 0. The van der Waals surface area contributed by atoms with Gasteiger partial charge in [-0.3, -0.25) is 0 Å². The van der Waals surface area contributed by atoms with Crippen LogP contribution in [0.1, 0.15) is 11.5 Å². The standard InChI is InChI=1S/C19H20N2O4S/c1-21(2)19-18(26(22,23)16-7-5-4-6-8-16)20-17(25-19)13-14-9-11-15(24-3)12-10-14/h4-12H,13H2,1-3H3. The fraction of sp³-hybridized carbons (Fsp3) is 0.211. The summed E-state index contributed by atoms with van der Waals surface area (Å²) in [6.45, 7) is 0. The first-order valence-electron chi connectivity index (χ1n) is 8.02. The SMILES string of the molecule is COc1ccc(Cc2nc(S(=O)(=O)c3ccccc3)c(N(C)C)o2)cc1. The molecule has 26 heavy (non-hydrogen) atoms. The highest BCUT2D eigenvalue weighted by Crippen LogP contribution is 2.30. The van der Waals surface area contributed by atoms with Gasteiger partial charge in [-0.25, -0.2) is 8.42 Å². The van der Waals surface area contributed by atoms with Gasteiger partial charge in [0.2, 0.25) is 26.6 Å². The van der Waals surface area contributed by atoms with E-state index < -0.39 is 9.84 Å². The first-order valence-corrected chi connectivity index (χ1v) is 9.50. The van der Waals surface area contributed by atoms with Gasteiger partial charge in [0.1, 0.15) is 5.75 Å². The molecule has 136 valence electrons. The number of oxazole rings is 1. The smallest absolute Gasteiger partial charge is 0.235 e. The highest BCUT2D eigenvalue weighted by molar-refractivity contribution is 7.91. The molecular formula is C19H20N2O4S. The third-order valence-corrected chi connectivity index (χ3v) is 5.52. The molecule has 0 aliphatic heterocycles. The number of methoxy groups -OCH3 is 1. The molecule has 1 heterocycles. The van der Waals surface area contributed by atoms with Crippen molar-refractivity contribution in [1.29, 1.82) is 0 Å². The molecule has 7 heteroatoms. The van der Waals surface area contributed by atoms with Crippen molar-refractivity contribution in [1.82, 2.24) is 4.98 Å². The van der Waals surface area contributed by atoms with Crippen LogP contribution in [0.15, 0.2) is 68.9 Å². The average molecular weight is 372 g/mol. The van der Waals surface area contributed by atoms with E-state index in [9.17, 15) is 8.42 Å². The molecule has 3 aromatic rings. The Morgan fingerprint density at radius 2 is 1.69 bits per heavy atom. The van der Waals surface area contributed by atoms with Crippen LogP contribution in [0.25, 0.3) is 0 Å². The maximum atomic E-state index is 12.9. The van der Waals surface area contributed by atoms with Crippen LogP contribution in [0, 0.1) is 0 Å². The largest absolute Gasteiger partial charge is 0.497 e. The first kappa shape index (κ1) is 18.0. The van der Waals surface area contributed by atoms with E-state index in [1.165, 1.54) is 0 Å². The van der Waals surface area contributed by atoms with E-state index in [0.29, 0.717) is 12.3 Å². The van der Waals surface area contributed by atoms with Crippen molar-refractivity contribution in [2.45, 2.75) is 16.3 Å². The van der Waals surface area contributed by atoms with Gasteiger partial charge in [-0.15, -0.1) is 0 Å². The lowest BCUT2D eigenvalue weighted by molar-refractivity contribution is 0.414. The Hall–Kier alpha value is -2.80. The summed E-state index contributed by atoms with van der Waals surface area (Å²) in [5, 5.41) is -0.0720. The Morgan fingerprint density at radius 3 is 2.27 bits per heavy atom. The maximum absolute atomic E-state index is 12.9. The van der Waals surface area contributed by atoms with Crippen molar-refractivity contribution in [3.8, 4) is 5.75 Å². The van der Waals surface area contributed by atoms with Crippen molar-refractivity contribution >= 4 is 15.7 Å². The van der Waals surface area contributed by atoms with Gasteiger partial charge in [-0.2, -0.15) is 4.98 Å². The fourth-order valence-corrected chi connectivity index (χ4v) is 3.92. The van der Waals surface area contributed by atoms with Crippen LogP contribution in [0.5, 0.6) is 5.75 Å². The molecule has 6 nitrogen and oxygen atoms in total. The molecule has 0 N–H and O–H groups in total. The van der Waals surface area contributed by atoms with Crippen LogP contribution < -0.4 is 9.64 Å².